The van der Waals surface area contributed by atoms with E-state index in [0.717, 1.165) is 29.2 Å². The van der Waals surface area contributed by atoms with Crippen LogP contribution in [0.4, 0.5) is 0 Å². The molecule has 0 radical (unpaired) electrons. The zero-order chi connectivity index (χ0) is 15.7. The number of ether oxygens (including phenoxy) is 2. The Balaban J connectivity index is 1.50. The largest absolute Gasteiger partial charge is 0.493 e. The number of rotatable bonds is 5. The summed E-state index contributed by atoms with van der Waals surface area (Å²) in [6.45, 7) is 1.78. The first-order valence-corrected chi connectivity index (χ1v) is 7.46. The quantitative estimate of drug-likeness (QED) is 0.764. The third-order valence-corrected chi connectivity index (χ3v) is 3.98. The van der Waals surface area contributed by atoms with Gasteiger partial charge in [-0.15, -0.1) is 0 Å². The molecule has 1 aliphatic heterocycles. The van der Waals surface area contributed by atoms with Crippen molar-refractivity contribution < 1.29 is 9.47 Å². The molecule has 0 atom stereocenters. The Morgan fingerprint density at radius 3 is 2.96 bits per heavy atom. The monoisotopic (exact) mass is 311 g/mol. The first-order chi connectivity index (χ1) is 11.2. The number of fused-ring (bicyclic) bond motifs is 1. The molecule has 7 nitrogen and oxygen atoms in total. The number of hydrogen-bond acceptors (Lipinski definition) is 6. The van der Waals surface area contributed by atoms with Gasteiger partial charge in [0, 0.05) is 24.9 Å². The fourth-order valence-corrected chi connectivity index (χ4v) is 2.56. The molecule has 0 saturated carbocycles. The van der Waals surface area contributed by atoms with Gasteiger partial charge in [0.05, 0.1) is 42.9 Å². The van der Waals surface area contributed by atoms with Crippen LogP contribution in [0, 0.1) is 0 Å². The minimum absolute atomic E-state index is 0.225. The van der Waals surface area contributed by atoms with Crippen molar-refractivity contribution in [3.05, 3.63) is 43.1 Å². The zero-order valence-electron chi connectivity index (χ0n) is 12.6. The predicted molar refractivity (Wildman–Crippen MR) is 84.1 cm³/mol. The summed E-state index contributed by atoms with van der Waals surface area (Å²) in [6, 6.07) is 5.68. The highest BCUT2D eigenvalue weighted by Gasteiger charge is 2.33. The van der Waals surface area contributed by atoms with Gasteiger partial charge in [-0.05, 0) is 12.1 Å². The summed E-state index contributed by atoms with van der Waals surface area (Å²) in [5, 5.41) is 0. The lowest BCUT2D eigenvalue weighted by molar-refractivity contribution is -0.0616. The van der Waals surface area contributed by atoms with E-state index in [1.807, 2.05) is 28.8 Å². The molecule has 118 valence electrons. The fraction of sp³-hybridized carbons (Fsp3) is 0.312. The highest BCUT2D eigenvalue weighted by atomic mass is 16.5. The van der Waals surface area contributed by atoms with E-state index in [0.29, 0.717) is 19.8 Å². The second-order valence-corrected chi connectivity index (χ2v) is 5.78. The number of pyridine rings is 1. The Labute approximate surface area is 133 Å². The molecule has 7 heteroatoms. The van der Waals surface area contributed by atoms with E-state index in [2.05, 4.69) is 15.0 Å². The molecule has 0 amide bonds. The maximum absolute atomic E-state index is 6.09. The van der Waals surface area contributed by atoms with Crippen LogP contribution in [0.2, 0.25) is 0 Å². The average molecular weight is 311 g/mol. The van der Waals surface area contributed by atoms with Crippen molar-refractivity contribution in [3.8, 4) is 17.1 Å². The van der Waals surface area contributed by atoms with Gasteiger partial charge in [0.2, 0.25) is 0 Å². The second kappa shape index (κ2) is 5.60. The molecule has 23 heavy (non-hydrogen) atoms. The molecule has 3 aromatic heterocycles. The molecule has 0 aliphatic carbocycles. The van der Waals surface area contributed by atoms with E-state index in [1.54, 1.807) is 12.4 Å². The lowest BCUT2D eigenvalue weighted by Crippen LogP contribution is -2.58. The van der Waals surface area contributed by atoms with Crippen molar-refractivity contribution >= 4 is 5.65 Å². The maximum atomic E-state index is 6.09. The van der Waals surface area contributed by atoms with Crippen LogP contribution in [0.25, 0.3) is 17.0 Å². The Morgan fingerprint density at radius 1 is 1.30 bits per heavy atom. The molecule has 3 aromatic rings. The van der Waals surface area contributed by atoms with Crippen LogP contribution in [0.3, 0.4) is 0 Å². The summed E-state index contributed by atoms with van der Waals surface area (Å²) in [5.41, 5.74) is 8.43. The minimum Gasteiger partial charge on any atom is -0.493 e. The van der Waals surface area contributed by atoms with Gasteiger partial charge in [-0.25, -0.2) is 15.0 Å². The van der Waals surface area contributed by atoms with Crippen LogP contribution >= 0.6 is 0 Å². The van der Waals surface area contributed by atoms with Crippen molar-refractivity contribution in [2.45, 2.75) is 12.0 Å². The molecule has 1 fully saturated rings. The van der Waals surface area contributed by atoms with E-state index >= 15 is 0 Å². The Hall–Kier alpha value is -2.51. The van der Waals surface area contributed by atoms with Gasteiger partial charge in [0.25, 0.3) is 0 Å². The molecular formula is C16H17N5O2. The van der Waals surface area contributed by atoms with E-state index in [4.69, 9.17) is 15.2 Å². The summed E-state index contributed by atoms with van der Waals surface area (Å²) in [7, 11) is 0. The number of hydrogen-bond donors (Lipinski definition) is 1. The van der Waals surface area contributed by atoms with E-state index in [1.165, 1.54) is 6.33 Å². The average Bonchev–Trinajstić information content (AvgIpc) is 2.97. The molecule has 4 rings (SSSR count). The maximum Gasteiger partial charge on any atom is 0.140 e. The third kappa shape index (κ3) is 2.76. The number of imidazole rings is 1. The number of aromatic nitrogens is 4. The van der Waals surface area contributed by atoms with Gasteiger partial charge in [-0.3, -0.25) is 4.40 Å². The SMILES string of the molecule is NC1(CCOc2ccn3c(-c4ccncn4)cnc3c2)COC1. The molecular weight excluding hydrogens is 294 g/mol. The van der Waals surface area contributed by atoms with Crippen molar-refractivity contribution in [1.29, 1.82) is 0 Å². The normalized spacial score (nSPS) is 16.2. The van der Waals surface area contributed by atoms with E-state index in [9.17, 15) is 0 Å². The molecule has 4 heterocycles. The van der Waals surface area contributed by atoms with Gasteiger partial charge >= 0.3 is 0 Å². The fourth-order valence-electron chi connectivity index (χ4n) is 2.56. The lowest BCUT2D eigenvalue weighted by atomic mass is 9.95. The lowest BCUT2D eigenvalue weighted by Gasteiger charge is -2.37. The van der Waals surface area contributed by atoms with Crippen LogP contribution in [-0.2, 0) is 4.74 Å². The van der Waals surface area contributed by atoms with Gasteiger partial charge in [-0.1, -0.05) is 0 Å². The summed E-state index contributed by atoms with van der Waals surface area (Å²) >= 11 is 0. The van der Waals surface area contributed by atoms with Crippen molar-refractivity contribution in [3.63, 3.8) is 0 Å². The summed E-state index contributed by atoms with van der Waals surface area (Å²) in [4.78, 5) is 12.6. The first kappa shape index (κ1) is 14.1. The summed E-state index contributed by atoms with van der Waals surface area (Å²) in [5.74, 6) is 0.779. The molecule has 0 aromatic carbocycles. The molecule has 1 aliphatic rings. The second-order valence-electron chi connectivity index (χ2n) is 5.78. The standard InChI is InChI=1S/C16H17N5O2/c17-16(9-22-10-16)3-6-23-12-2-5-21-14(8-19-15(21)7-12)13-1-4-18-11-20-13/h1-2,4-5,7-8,11H,3,6,9-10,17H2. The van der Waals surface area contributed by atoms with E-state index < -0.39 is 0 Å². The third-order valence-electron chi connectivity index (χ3n) is 3.98. The number of nitrogens with two attached hydrogens (primary N) is 1. The molecule has 1 saturated heterocycles. The smallest absolute Gasteiger partial charge is 0.140 e. The summed E-state index contributed by atoms with van der Waals surface area (Å²) in [6.07, 6.45) is 7.74. The molecule has 2 N–H and O–H groups in total. The van der Waals surface area contributed by atoms with Gasteiger partial charge in [0.15, 0.2) is 0 Å². The van der Waals surface area contributed by atoms with E-state index in [-0.39, 0.29) is 5.54 Å². The number of nitrogens with zero attached hydrogens (tertiary/aromatic N) is 4. The Kier molecular flexibility index (Phi) is 3.44. The van der Waals surface area contributed by atoms with Crippen LogP contribution in [0.1, 0.15) is 6.42 Å². The van der Waals surface area contributed by atoms with Crippen LogP contribution < -0.4 is 10.5 Å². The van der Waals surface area contributed by atoms with Crippen molar-refractivity contribution in [1.82, 2.24) is 19.4 Å². The zero-order valence-corrected chi connectivity index (χ0v) is 12.6. The summed E-state index contributed by atoms with van der Waals surface area (Å²) < 4.78 is 12.9. The molecule has 0 bridgehead atoms. The molecule has 0 unspecified atom stereocenters. The molecule has 0 spiro atoms. The van der Waals surface area contributed by atoms with Gasteiger partial charge in [0.1, 0.15) is 17.7 Å². The predicted octanol–water partition coefficient (Wildman–Crippen LogP) is 1.29. The first-order valence-electron chi connectivity index (χ1n) is 7.46. The van der Waals surface area contributed by atoms with Gasteiger partial charge < -0.3 is 15.2 Å². The highest BCUT2D eigenvalue weighted by Crippen LogP contribution is 2.22. The van der Waals surface area contributed by atoms with Crippen LogP contribution in [0.5, 0.6) is 5.75 Å². The topological polar surface area (TPSA) is 87.6 Å². The minimum atomic E-state index is -0.225. The van der Waals surface area contributed by atoms with Gasteiger partial charge in [-0.2, -0.15) is 0 Å². The van der Waals surface area contributed by atoms with Crippen LogP contribution in [-0.4, -0.2) is 44.7 Å². The van der Waals surface area contributed by atoms with Crippen molar-refractivity contribution in [2.75, 3.05) is 19.8 Å². The van der Waals surface area contributed by atoms with Crippen LogP contribution in [0.15, 0.2) is 43.1 Å². The Morgan fingerprint density at radius 2 is 2.22 bits per heavy atom. The Bertz CT molecular complexity index is 814. The highest BCUT2D eigenvalue weighted by molar-refractivity contribution is 5.60. The van der Waals surface area contributed by atoms with Crippen molar-refractivity contribution in [2.24, 2.45) is 5.73 Å².